The highest BCUT2D eigenvalue weighted by molar-refractivity contribution is 5.50. The Morgan fingerprint density at radius 2 is 2.00 bits per heavy atom. The molecule has 2 heterocycles. The first-order valence-electron chi connectivity index (χ1n) is 4.73. The highest BCUT2D eigenvalue weighted by atomic mass is 15.1. The summed E-state index contributed by atoms with van der Waals surface area (Å²) in [4.78, 5) is 16.8. The molecular formula is C10H13N5. The van der Waals surface area contributed by atoms with Crippen LogP contribution in [0.5, 0.6) is 0 Å². The molecule has 0 aromatic carbocycles. The normalized spacial score (nSPS) is 12.4. The van der Waals surface area contributed by atoms with E-state index in [1.54, 1.807) is 13.2 Å². The van der Waals surface area contributed by atoms with Gasteiger partial charge in [0.2, 0.25) is 5.62 Å². The third kappa shape index (κ3) is 1.49. The molecule has 0 saturated carbocycles. The Labute approximate surface area is 87.9 Å². The van der Waals surface area contributed by atoms with Crippen molar-refractivity contribution >= 4 is 0 Å². The minimum atomic E-state index is 0.489. The van der Waals surface area contributed by atoms with E-state index < -0.39 is 0 Å². The van der Waals surface area contributed by atoms with Gasteiger partial charge in [0, 0.05) is 19.8 Å². The quantitative estimate of drug-likeness (QED) is 0.625. The van der Waals surface area contributed by atoms with Crippen LogP contribution < -0.4 is 5.62 Å². The van der Waals surface area contributed by atoms with Crippen LogP contribution in [0.1, 0.15) is 11.4 Å². The van der Waals surface area contributed by atoms with Crippen LogP contribution in [-0.2, 0) is 7.05 Å². The Balaban J connectivity index is 2.89. The van der Waals surface area contributed by atoms with E-state index in [-0.39, 0.29) is 0 Å². The number of hydrogen-bond acceptors (Lipinski definition) is 4. The molecule has 0 amide bonds. The number of aromatic nitrogens is 4. The summed E-state index contributed by atoms with van der Waals surface area (Å²) in [6, 6.07) is 0. The lowest BCUT2D eigenvalue weighted by Crippen LogP contribution is -2.19. The molecule has 0 unspecified atom stereocenters. The molecule has 0 fully saturated rings. The minimum Gasteiger partial charge on any atom is -0.330 e. The summed E-state index contributed by atoms with van der Waals surface area (Å²) < 4.78 is 2.01. The molecular weight excluding hydrogens is 190 g/mol. The fourth-order valence-corrected chi connectivity index (χ4v) is 1.45. The van der Waals surface area contributed by atoms with E-state index in [2.05, 4.69) is 19.9 Å². The molecule has 0 N–H and O–H groups in total. The van der Waals surface area contributed by atoms with Gasteiger partial charge in [-0.25, -0.2) is 9.97 Å². The standard InChI is InChI=1S/C10H13N5/c1-6-7(2)15(4)9-8(13-6)5-12-10(11-3)14-9/h5H,1-4H3. The van der Waals surface area contributed by atoms with Gasteiger partial charge in [-0.15, -0.1) is 0 Å². The van der Waals surface area contributed by atoms with Crippen LogP contribution >= 0.6 is 0 Å². The number of hydrogen-bond donors (Lipinski definition) is 0. The molecule has 2 aliphatic rings. The van der Waals surface area contributed by atoms with E-state index >= 15 is 0 Å². The summed E-state index contributed by atoms with van der Waals surface area (Å²) >= 11 is 0. The van der Waals surface area contributed by atoms with Gasteiger partial charge in [0.05, 0.1) is 11.9 Å². The molecule has 5 nitrogen and oxygen atoms in total. The van der Waals surface area contributed by atoms with Crippen molar-refractivity contribution in [2.24, 2.45) is 12.0 Å². The van der Waals surface area contributed by atoms with Crippen molar-refractivity contribution < 1.29 is 0 Å². The number of fused-ring (bicyclic) bond motifs is 1. The second-order valence-electron chi connectivity index (χ2n) is 3.44. The van der Waals surface area contributed by atoms with Gasteiger partial charge < -0.3 is 4.57 Å². The van der Waals surface area contributed by atoms with Gasteiger partial charge in [0.15, 0.2) is 5.82 Å². The molecule has 0 aromatic heterocycles. The lowest BCUT2D eigenvalue weighted by atomic mass is 10.3. The van der Waals surface area contributed by atoms with Crippen LogP contribution in [0.2, 0.25) is 0 Å². The van der Waals surface area contributed by atoms with Gasteiger partial charge in [-0.3, -0.25) is 4.99 Å². The van der Waals surface area contributed by atoms with Crippen molar-refractivity contribution in [3.05, 3.63) is 23.2 Å². The van der Waals surface area contributed by atoms with Crippen LogP contribution in [0.15, 0.2) is 11.2 Å². The van der Waals surface area contributed by atoms with Crippen LogP contribution in [0.4, 0.5) is 0 Å². The zero-order valence-electron chi connectivity index (χ0n) is 9.31. The molecule has 0 aliphatic carbocycles. The van der Waals surface area contributed by atoms with Gasteiger partial charge >= 0.3 is 0 Å². The second-order valence-corrected chi connectivity index (χ2v) is 3.44. The van der Waals surface area contributed by atoms with Gasteiger partial charge in [-0.05, 0) is 13.8 Å². The summed E-state index contributed by atoms with van der Waals surface area (Å²) in [5.74, 6) is 0.814. The monoisotopic (exact) mass is 203 g/mol. The summed E-state index contributed by atoms with van der Waals surface area (Å²) in [6.07, 6.45) is 1.71. The van der Waals surface area contributed by atoms with E-state index in [1.165, 1.54) is 0 Å². The predicted molar refractivity (Wildman–Crippen MR) is 56.4 cm³/mol. The second kappa shape index (κ2) is 3.42. The largest absolute Gasteiger partial charge is 0.330 e. The maximum atomic E-state index is 4.42. The lowest BCUT2D eigenvalue weighted by Gasteiger charge is -2.14. The van der Waals surface area contributed by atoms with Crippen LogP contribution in [0.25, 0.3) is 11.5 Å². The molecule has 0 atom stereocenters. The molecule has 0 radical (unpaired) electrons. The van der Waals surface area contributed by atoms with Crippen molar-refractivity contribution in [1.29, 1.82) is 0 Å². The highest BCUT2D eigenvalue weighted by Gasteiger charge is 2.11. The summed E-state index contributed by atoms with van der Waals surface area (Å²) in [5, 5.41) is 0. The van der Waals surface area contributed by atoms with Crippen LogP contribution in [0.3, 0.4) is 0 Å². The van der Waals surface area contributed by atoms with Gasteiger partial charge in [-0.1, -0.05) is 0 Å². The van der Waals surface area contributed by atoms with E-state index in [0.717, 1.165) is 22.9 Å². The number of aryl methyl sites for hydroxylation is 1. The third-order valence-electron chi connectivity index (χ3n) is 2.57. The lowest BCUT2D eigenvalue weighted by molar-refractivity contribution is 0.783. The molecule has 5 heteroatoms. The smallest absolute Gasteiger partial charge is 0.246 e. The fraction of sp³-hybridized carbons (Fsp3) is 0.400. The van der Waals surface area contributed by atoms with Crippen molar-refractivity contribution in [2.45, 2.75) is 13.8 Å². The maximum Gasteiger partial charge on any atom is 0.246 e. The molecule has 0 bridgehead atoms. The average Bonchev–Trinajstić information content (AvgIpc) is 2.26. The first-order valence-corrected chi connectivity index (χ1v) is 4.73. The highest BCUT2D eigenvalue weighted by Crippen LogP contribution is 2.16. The predicted octanol–water partition coefficient (Wildman–Crippen LogP) is 0.462. The van der Waals surface area contributed by atoms with Gasteiger partial charge in [0.1, 0.15) is 5.69 Å². The molecule has 0 saturated heterocycles. The molecule has 2 aliphatic heterocycles. The van der Waals surface area contributed by atoms with Crippen LogP contribution in [0, 0.1) is 13.8 Å². The SMILES string of the molecule is CN=c1ncc2nc(C)c(C)n(C)c-2n1. The molecule has 0 aromatic rings. The van der Waals surface area contributed by atoms with Gasteiger partial charge in [0.25, 0.3) is 0 Å². The Morgan fingerprint density at radius 3 is 2.67 bits per heavy atom. The van der Waals surface area contributed by atoms with Crippen LogP contribution in [-0.4, -0.2) is 26.6 Å². The Hall–Kier alpha value is -1.78. The molecule has 0 spiro atoms. The first kappa shape index (κ1) is 9.76. The maximum absolute atomic E-state index is 4.42. The first-order chi connectivity index (χ1) is 7.13. The summed E-state index contributed by atoms with van der Waals surface area (Å²) in [5.41, 5.74) is 3.38. The topological polar surface area (TPSA) is 56.0 Å². The van der Waals surface area contributed by atoms with Crippen molar-refractivity contribution in [2.75, 3.05) is 7.05 Å². The molecule has 2 rings (SSSR count). The van der Waals surface area contributed by atoms with Crippen molar-refractivity contribution in [3.63, 3.8) is 0 Å². The molecule has 78 valence electrons. The minimum absolute atomic E-state index is 0.489. The average molecular weight is 203 g/mol. The fourth-order valence-electron chi connectivity index (χ4n) is 1.45. The van der Waals surface area contributed by atoms with E-state index in [4.69, 9.17) is 0 Å². The third-order valence-corrected chi connectivity index (χ3v) is 2.57. The van der Waals surface area contributed by atoms with Gasteiger partial charge in [-0.2, -0.15) is 4.98 Å². The number of nitrogens with zero attached hydrogens (tertiary/aromatic N) is 5. The summed E-state index contributed by atoms with van der Waals surface area (Å²) in [7, 11) is 3.65. The Kier molecular flexibility index (Phi) is 2.22. The van der Waals surface area contributed by atoms with Crippen molar-refractivity contribution in [3.8, 4) is 11.5 Å². The zero-order valence-corrected chi connectivity index (χ0v) is 9.31. The zero-order chi connectivity index (χ0) is 11.0. The molecule has 15 heavy (non-hydrogen) atoms. The Bertz CT molecular complexity index is 540. The van der Waals surface area contributed by atoms with E-state index in [0.29, 0.717) is 5.62 Å². The Morgan fingerprint density at radius 1 is 1.27 bits per heavy atom. The van der Waals surface area contributed by atoms with E-state index in [1.807, 2.05) is 25.5 Å². The van der Waals surface area contributed by atoms with Crippen molar-refractivity contribution in [1.82, 2.24) is 19.5 Å². The number of rotatable bonds is 0. The van der Waals surface area contributed by atoms with E-state index in [9.17, 15) is 0 Å². The summed E-state index contributed by atoms with van der Waals surface area (Å²) in [6.45, 7) is 4.00.